The van der Waals surface area contributed by atoms with Gasteiger partial charge in [-0.2, -0.15) is 0 Å². The molecular formula is C9H15N3O2. The number of rotatable bonds is 2. The molecule has 2 N–H and O–H groups in total. The van der Waals surface area contributed by atoms with Crippen molar-refractivity contribution in [3.63, 3.8) is 0 Å². The third kappa shape index (κ3) is 1.65. The average Bonchev–Trinajstić information content (AvgIpc) is 2.73. The highest BCUT2D eigenvalue weighted by Crippen LogP contribution is 2.12. The van der Waals surface area contributed by atoms with Crippen LogP contribution >= 0.6 is 0 Å². The van der Waals surface area contributed by atoms with Crippen LogP contribution < -0.4 is 10.6 Å². The van der Waals surface area contributed by atoms with Crippen molar-refractivity contribution in [3.05, 3.63) is 0 Å². The van der Waals surface area contributed by atoms with Crippen LogP contribution in [-0.4, -0.2) is 48.9 Å². The molecular weight excluding hydrogens is 182 g/mol. The van der Waals surface area contributed by atoms with E-state index in [4.69, 9.17) is 0 Å². The van der Waals surface area contributed by atoms with E-state index in [-0.39, 0.29) is 17.9 Å². The third-order valence-electron chi connectivity index (χ3n) is 2.88. The summed E-state index contributed by atoms with van der Waals surface area (Å²) in [4.78, 5) is 24.0. The van der Waals surface area contributed by atoms with Gasteiger partial charge in [-0.25, -0.2) is 0 Å². The Morgan fingerprint density at radius 3 is 2.79 bits per heavy atom. The summed E-state index contributed by atoms with van der Waals surface area (Å²) in [5.41, 5.74) is 0. The zero-order chi connectivity index (χ0) is 10.1. The van der Waals surface area contributed by atoms with Crippen LogP contribution in [-0.2, 0) is 9.59 Å². The maximum atomic E-state index is 11.5. The minimum absolute atomic E-state index is 0.0848. The number of nitrogens with one attached hydrogen (secondary N) is 2. The zero-order valence-corrected chi connectivity index (χ0v) is 8.25. The highest BCUT2D eigenvalue weighted by atomic mass is 16.2. The monoisotopic (exact) mass is 197 g/mol. The minimum atomic E-state index is -0.294. The maximum Gasteiger partial charge on any atom is 0.246 e. The number of likely N-dealkylation sites (N-methyl/N-ethyl adjacent to an activating group) is 1. The maximum absolute atomic E-state index is 11.5. The largest absolute Gasteiger partial charge is 0.315 e. The van der Waals surface area contributed by atoms with Gasteiger partial charge in [0.15, 0.2) is 0 Å². The second-order valence-electron chi connectivity index (χ2n) is 3.90. The fourth-order valence-electron chi connectivity index (χ4n) is 1.97. The van der Waals surface area contributed by atoms with E-state index in [2.05, 4.69) is 10.6 Å². The Morgan fingerprint density at radius 2 is 2.29 bits per heavy atom. The molecule has 14 heavy (non-hydrogen) atoms. The number of imide groups is 1. The average molecular weight is 197 g/mol. The second-order valence-corrected chi connectivity index (χ2v) is 3.90. The van der Waals surface area contributed by atoms with Gasteiger partial charge in [0, 0.05) is 19.6 Å². The van der Waals surface area contributed by atoms with Gasteiger partial charge < -0.3 is 10.6 Å². The minimum Gasteiger partial charge on any atom is -0.315 e. The van der Waals surface area contributed by atoms with E-state index in [9.17, 15) is 9.59 Å². The summed E-state index contributed by atoms with van der Waals surface area (Å²) >= 11 is 0. The van der Waals surface area contributed by atoms with Gasteiger partial charge in [0.1, 0.15) is 0 Å². The van der Waals surface area contributed by atoms with Crippen LogP contribution in [0.25, 0.3) is 0 Å². The molecule has 0 saturated carbocycles. The molecule has 5 nitrogen and oxygen atoms in total. The van der Waals surface area contributed by atoms with Crippen LogP contribution in [0.5, 0.6) is 0 Å². The smallest absolute Gasteiger partial charge is 0.246 e. The Balaban J connectivity index is 1.92. The van der Waals surface area contributed by atoms with Gasteiger partial charge in [-0.05, 0) is 13.0 Å². The molecule has 0 bridgehead atoms. The van der Waals surface area contributed by atoms with Gasteiger partial charge in [-0.3, -0.25) is 14.5 Å². The SMILES string of the molecule is CN1C(=O)CC(NC2CCNC2)C1=O. The summed E-state index contributed by atoms with van der Waals surface area (Å²) in [5, 5.41) is 6.43. The fraction of sp³-hybridized carbons (Fsp3) is 0.778. The van der Waals surface area contributed by atoms with Crippen molar-refractivity contribution in [2.75, 3.05) is 20.1 Å². The molecule has 2 fully saturated rings. The lowest BCUT2D eigenvalue weighted by Gasteiger charge is -2.15. The molecule has 0 radical (unpaired) electrons. The summed E-state index contributed by atoms with van der Waals surface area (Å²) in [5.74, 6) is -0.180. The normalized spacial score (nSPS) is 33.1. The van der Waals surface area contributed by atoms with Crippen molar-refractivity contribution in [2.24, 2.45) is 0 Å². The van der Waals surface area contributed by atoms with Gasteiger partial charge in [-0.1, -0.05) is 0 Å². The van der Waals surface area contributed by atoms with Crippen molar-refractivity contribution in [3.8, 4) is 0 Å². The van der Waals surface area contributed by atoms with Gasteiger partial charge in [-0.15, -0.1) is 0 Å². The molecule has 2 unspecified atom stereocenters. The lowest BCUT2D eigenvalue weighted by molar-refractivity contribution is -0.137. The molecule has 0 aliphatic carbocycles. The first-order valence-electron chi connectivity index (χ1n) is 4.95. The Morgan fingerprint density at radius 1 is 1.50 bits per heavy atom. The first-order chi connectivity index (χ1) is 6.68. The number of carbonyl (C=O) groups is 2. The van der Waals surface area contributed by atoms with Gasteiger partial charge in [0.05, 0.1) is 12.5 Å². The zero-order valence-electron chi connectivity index (χ0n) is 8.25. The van der Waals surface area contributed by atoms with Crippen LogP contribution in [0.4, 0.5) is 0 Å². The van der Waals surface area contributed by atoms with E-state index in [1.165, 1.54) is 4.90 Å². The predicted molar refractivity (Wildman–Crippen MR) is 50.6 cm³/mol. The third-order valence-corrected chi connectivity index (χ3v) is 2.88. The predicted octanol–water partition coefficient (Wildman–Crippen LogP) is -1.30. The molecule has 2 amide bonds. The summed E-state index contributed by atoms with van der Waals surface area (Å²) in [7, 11) is 1.54. The molecule has 78 valence electrons. The molecule has 0 spiro atoms. The highest BCUT2D eigenvalue weighted by Gasteiger charge is 2.37. The van der Waals surface area contributed by atoms with E-state index in [1.54, 1.807) is 7.05 Å². The topological polar surface area (TPSA) is 61.4 Å². The van der Waals surface area contributed by atoms with Gasteiger partial charge in [0.25, 0.3) is 0 Å². The summed E-state index contributed by atoms with van der Waals surface area (Å²) in [6.45, 7) is 1.88. The molecule has 2 saturated heterocycles. The summed E-state index contributed by atoms with van der Waals surface area (Å²) < 4.78 is 0. The van der Waals surface area contributed by atoms with E-state index in [0.717, 1.165) is 19.5 Å². The highest BCUT2D eigenvalue weighted by molar-refractivity contribution is 6.05. The van der Waals surface area contributed by atoms with Crippen LogP contribution in [0.1, 0.15) is 12.8 Å². The lowest BCUT2D eigenvalue weighted by atomic mass is 10.2. The second kappa shape index (κ2) is 3.67. The van der Waals surface area contributed by atoms with E-state index < -0.39 is 0 Å². The number of carbonyl (C=O) groups excluding carboxylic acids is 2. The first-order valence-corrected chi connectivity index (χ1v) is 4.95. The van der Waals surface area contributed by atoms with Gasteiger partial charge in [0.2, 0.25) is 11.8 Å². The molecule has 2 aliphatic rings. The van der Waals surface area contributed by atoms with Crippen molar-refractivity contribution in [1.29, 1.82) is 0 Å². The molecule has 0 aromatic carbocycles. The first kappa shape index (κ1) is 9.61. The molecule has 0 aromatic heterocycles. The molecule has 2 rings (SSSR count). The summed E-state index contributed by atoms with van der Waals surface area (Å²) in [6.07, 6.45) is 1.34. The van der Waals surface area contributed by atoms with E-state index in [1.807, 2.05) is 0 Å². The number of nitrogens with zero attached hydrogens (tertiary/aromatic N) is 1. The Labute approximate surface area is 82.8 Å². The lowest BCUT2D eigenvalue weighted by Crippen LogP contribution is -2.43. The summed E-state index contributed by atoms with van der Waals surface area (Å²) in [6, 6.07) is 0.0423. The quantitative estimate of drug-likeness (QED) is 0.540. The van der Waals surface area contributed by atoms with E-state index in [0.29, 0.717) is 12.5 Å². The Bertz CT molecular complexity index is 261. The molecule has 5 heteroatoms. The molecule has 2 atom stereocenters. The van der Waals surface area contributed by atoms with Crippen LogP contribution in [0.3, 0.4) is 0 Å². The van der Waals surface area contributed by atoms with Crippen LogP contribution in [0, 0.1) is 0 Å². The van der Waals surface area contributed by atoms with Crippen LogP contribution in [0.15, 0.2) is 0 Å². The van der Waals surface area contributed by atoms with Gasteiger partial charge >= 0.3 is 0 Å². The number of hydrogen-bond acceptors (Lipinski definition) is 4. The van der Waals surface area contributed by atoms with Crippen molar-refractivity contribution >= 4 is 11.8 Å². The number of amides is 2. The molecule has 2 aliphatic heterocycles. The van der Waals surface area contributed by atoms with Crippen molar-refractivity contribution in [2.45, 2.75) is 24.9 Å². The number of hydrogen-bond donors (Lipinski definition) is 2. The number of likely N-dealkylation sites (tertiary alicyclic amines) is 1. The molecule has 2 heterocycles. The van der Waals surface area contributed by atoms with Crippen molar-refractivity contribution < 1.29 is 9.59 Å². The van der Waals surface area contributed by atoms with Crippen molar-refractivity contribution in [1.82, 2.24) is 15.5 Å². The van der Waals surface area contributed by atoms with E-state index >= 15 is 0 Å². The molecule has 0 aromatic rings. The fourth-order valence-corrected chi connectivity index (χ4v) is 1.97. The van der Waals surface area contributed by atoms with Crippen LogP contribution in [0.2, 0.25) is 0 Å². The standard InChI is InChI=1S/C9H15N3O2/c1-12-8(13)4-7(9(12)14)11-6-2-3-10-5-6/h6-7,10-11H,2-5H2,1H3. The Kier molecular flexibility index (Phi) is 2.52. The Hall–Kier alpha value is -0.940.